The molecule has 0 aliphatic carbocycles. The number of hydrogen-bond acceptors (Lipinski definition) is 5. The largest absolute Gasteiger partial charge is 0.296 e. The summed E-state index contributed by atoms with van der Waals surface area (Å²) in [6, 6.07) is 6.59. The lowest BCUT2D eigenvalue weighted by Gasteiger charge is -2.15. The normalized spacial score (nSPS) is 15.9. The molecule has 1 aromatic rings. The first-order valence-corrected chi connectivity index (χ1v) is 8.81. The molecule has 1 aliphatic rings. The average molecular weight is 330 g/mol. The van der Waals surface area contributed by atoms with E-state index in [-0.39, 0.29) is 23.9 Å². The first kappa shape index (κ1) is 15.4. The van der Waals surface area contributed by atoms with Gasteiger partial charge in [0, 0.05) is 13.1 Å². The van der Waals surface area contributed by atoms with E-state index in [0.717, 1.165) is 5.56 Å². The number of nitrogens with zero attached hydrogens (tertiary/aromatic N) is 1. The van der Waals surface area contributed by atoms with E-state index in [1.165, 1.54) is 16.7 Å². The van der Waals surface area contributed by atoms with Gasteiger partial charge in [-0.15, -0.1) is 0 Å². The zero-order valence-corrected chi connectivity index (χ0v) is 13.3. The molecule has 1 heterocycles. The van der Waals surface area contributed by atoms with Gasteiger partial charge in [-0.3, -0.25) is 9.69 Å². The maximum Gasteiger partial charge on any atom is 0.240 e. The molecule has 8 heteroatoms. The lowest BCUT2D eigenvalue weighted by Crippen LogP contribution is -2.37. The lowest BCUT2D eigenvalue weighted by atomic mass is 10.2. The van der Waals surface area contributed by atoms with Gasteiger partial charge in [-0.05, 0) is 19.1 Å². The SMILES string of the molecule is Cc1ccc(S(=O)(=O)NCCN2C(=O)CSC2=S)cc1. The molecular formula is C12H14N2O3S3. The highest BCUT2D eigenvalue weighted by Gasteiger charge is 2.26. The highest BCUT2D eigenvalue weighted by atomic mass is 32.2. The fourth-order valence-electron chi connectivity index (χ4n) is 1.69. The minimum absolute atomic E-state index is 0.0745. The second-order valence-corrected chi connectivity index (χ2v) is 7.69. The molecule has 20 heavy (non-hydrogen) atoms. The molecule has 1 amide bonds. The van der Waals surface area contributed by atoms with Gasteiger partial charge >= 0.3 is 0 Å². The predicted octanol–water partition coefficient (Wildman–Crippen LogP) is 1.13. The summed E-state index contributed by atoms with van der Waals surface area (Å²) < 4.78 is 27.0. The Kier molecular flexibility index (Phi) is 4.79. The highest BCUT2D eigenvalue weighted by molar-refractivity contribution is 8.23. The number of carbonyl (C=O) groups excluding carboxylic acids is 1. The average Bonchev–Trinajstić information content (AvgIpc) is 2.71. The van der Waals surface area contributed by atoms with Crippen LogP contribution in [0.15, 0.2) is 29.2 Å². The topological polar surface area (TPSA) is 66.5 Å². The van der Waals surface area contributed by atoms with Crippen molar-refractivity contribution >= 4 is 44.2 Å². The van der Waals surface area contributed by atoms with Crippen molar-refractivity contribution in [3.63, 3.8) is 0 Å². The molecule has 1 N–H and O–H groups in total. The van der Waals surface area contributed by atoms with Crippen molar-refractivity contribution in [2.75, 3.05) is 18.8 Å². The Morgan fingerprint density at radius 3 is 2.55 bits per heavy atom. The van der Waals surface area contributed by atoms with Gasteiger partial charge in [0.05, 0.1) is 10.6 Å². The number of nitrogens with one attached hydrogen (secondary N) is 1. The summed E-state index contributed by atoms with van der Waals surface area (Å²) in [5, 5.41) is 0. The summed E-state index contributed by atoms with van der Waals surface area (Å²) in [6.45, 7) is 2.29. The number of sulfonamides is 1. The van der Waals surface area contributed by atoms with Crippen molar-refractivity contribution in [1.82, 2.24) is 9.62 Å². The van der Waals surface area contributed by atoms with E-state index in [0.29, 0.717) is 10.1 Å². The monoisotopic (exact) mass is 330 g/mol. The van der Waals surface area contributed by atoms with Crippen molar-refractivity contribution in [3.8, 4) is 0 Å². The van der Waals surface area contributed by atoms with Crippen LogP contribution in [-0.4, -0.2) is 42.4 Å². The summed E-state index contributed by atoms with van der Waals surface area (Å²) in [4.78, 5) is 13.1. The van der Waals surface area contributed by atoms with Crippen LogP contribution in [0.4, 0.5) is 0 Å². The van der Waals surface area contributed by atoms with E-state index in [4.69, 9.17) is 12.2 Å². The Morgan fingerprint density at radius 1 is 1.35 bits per heavy atom. The molecule has 2 rings (SSSR count). The van der Waals surface area contributed by atoms with E-state index in [1.54, 1.807) is 24.3 Å². The van der Waals surface area contributed by atoms with Gasteiger partial charge in [0.15, 0.2) is 0 Å². The van der Waals surface area contributed by atoms with Crippen molar-refractivity contribution in [3.05, 3.63) is 29.8 Å². The summed E-state index contributed by atoms with van der Waals surface area (Å²) in [5.41, 5.74) is 0.994. The van der Waals surface area contributed by atoms with E-state index in [2.05, 4.69) is 4.72 Å². The molecule has 0 spiro atoms. The highest BCUT2D eigenvalue weighted by Crippen LogP contribution is 2.18. The van der Waals surface area contributed by atoms with Crippen LogP contribution in [0.1, 0.15) is 5.56 Å². The molecule has 1 aromatic carbocycles. The number of aryl methyl sites for hydroxylation is 1. The zero-order valence-electron chi connectivity index (χ0n) is 10.8. The maximum absolute atomic E-state index is 12.0. The van der Waals surface area contributed by atoms with Crippen LogP contribution < -0.4 is 4.72 Å². The van der Waals surface area contributed by atoms with Crippen LogP contribution in [0.5, 0.6) is 0 Å². The number of amides is 1. The fraction of sp³-hybridized carbons (Fsp3) is 0.333. The Morgan fingerprint density at radius 2 is 2.00 bits per heavy atom. The van der Waals surface area contributed by atoms with Crippen LogP contribution in [0.2, 0.25) is 0 Å². The van der Waals surface area contributed by atoms with E-state index >= 15 is 0 Å². The minimum atomic E-state index is -3.54. The minimum Gasteiger partial charge on any atom is -0.296 e. The van der Waals surface area contributed by atoms with Crippen molar-refractivity contribution < 1.29 is 13.2 Å². The van der Waals surface area contributed by atoms with Crippen LogP contribution in [0.3, 0.4) is 0 Å². The molecule has 0 aromatic heterocycles. The molecule has 1 aliphatic heterocycles. The predicted molar refractivity (Wildman–Crippen MR) is 83.1 cm³/mol. The Bertz CT molecular complexity index is 610. The third kappa shape index (κ3) is 3.57. The summed E-state index contributed by atoms with van der Waals surface area (Å²) >= 11 is 6.32. The third-order valence-electron chi connectivity index (χ3n) is 2.80. The number of benzene rings is 1. The van der Waals surface area contributed by atoms with Crippen molar-refractivity contribution in [2.24, 2.45) is 0 Å². The Hall–Kier alpha value is -0.960. The zero-order chi connectivity index (χ0) is 14.8. The number of rotatable bonds is 5. The van der Waals surface area contributed by atoms with Crippen LogP contribution in [0, 0.1) is 6.92 Å². The van der Waals surface area contributed by atoms with Gasteiger partial charge in [0.2, 0.25) is 15.9 Å². The van der Waals surface area contributed by atoms with E-state index in [9.17, 15) is 13.2 Å². The molecule has 1 fully saturated rings. The van der Waals surface area contributed by atoms with Gasteiger partial charge in [-0.2, -0.15) is 0 Å². The number of thiocarbonyl (C=S) groups is 1. The molecule has 0 bridgehead atoms. The molecule has 1 saturated heterocycles. The smallest absolute Gasteiger partial charge is 0.240 e. The van der Waals surface area contributed by atoms with E-state index < -0.39 is 10.0 Å². The quantitative estimate of drug-likeness (QED) is 0.820. The molecule has 5 nitrogen and oxygen atoms in total. The van der Waals surface area contributed by atoms with Crippen LogP contribution in [-0.2, 0) is 14.8 Å². The van der Waals surface area contributed by atoms with Gasteiger partial charge in [-0.1, -0.05) is 41.7 Å². The Balaban J connectivity index is 1.94. The van der Waals surface area contributed by atoms with Gasteiger partial charge in [0.1, 0.15) is 4.32 Å². The van der Waals surface area contributed by atoms with E-state index in [1.807, 2.05) is 6.92 Å². The second kappa shape index (κ2) is 6.21. The molecule has 0 saturated carbocycles. The van der Waals surface area contributed by atoms with Crippen molar-refractivity contribution in [1.29, 1.82) is 0 Å². The first-order valence-electron chi connectivity index (χ1n) is 5.93. The number of thioether (sulfide) groups is 1. The molecule has 108 valence electrons. The molecule has 0 atom stereocenters. The Labute approximate surface area is 127 Å². The van der Waals surface area contributed by atoms with Gasteiger partial charge in [0.25, 0.3) is 0 Å². The number of carbonyl (C=O) groups is 1. The van der Waals surface area contributed by atoms with Crippen LogP contribution >= 0.6 is 24.0 Å². The third-order valence-corrected chi connectivity index (χ3v) is 5.71. The second-order valence-electron chi connectivity index (χ2n) is 4.31. The molecule has 0 unspecified atom stereocenters. The molecule has 0 radical (unpaired) electrons. The fourth-order valence-corrected chi connectivity index (χ4v) is 3.83. The van der Waals surface area contributed by atoms with Gasteiger partial charge in [-0.25, -0.2) is 13.1 Å². The number of hydrogen-bond donors (Lipinski definition) is 1. The summed E-state index contributed by atoms with van der Waals surface area (Å²) in [5.74, 6) is 0.262. The standard InChI is InChI=1S/C12H14N2O3S3/c1-9-2-4-10(5-3-9)20(16,17)13-6-7-14-11(15)8-19-12(14)18/h2-5,13H,6-8H2,1H3. The summed E-state index contributed by atoms with van der Waals surface area (Å²) in [6.07, 6.45) is 0. The maximum atomic E-state index is 12.0. The van der Waals surface area contributed by atoms with Gasteiger partial charge < -0.3 is 0 Å². The lowest BCUT2D eigenvalue weighted by molar-refractivity contribution is -0.123. The van der Waals surface area contributed by atoms with Crippen molar-refractivity contribution in [2.45, 2.75) is 11.8 Å². The summed E-state index contributed by atoms with van der Waals surface area (Å²) in [7, 11) is -3.54. The van der Waals surface area contributed by atoms with Crippen LogP contribution in [0.25, 0.3) is 0 Å². The molecular weight excluding hydrogens is 316 g/mol. The first-order chi connectivity index (χ1) is 9.40.